The van der Waals surface area contributed by atoms with Crippen molar-refractivity contribution in [1.29, 1.82) is 0 Å². The Balaban J connectivity index is 2.31. The molecule has 29 heavy (non-hydrogen) atoms. The standard InChI is InChI=1S/C19H20F2N4O4/c1-9-10(2)25(29)16(22(9)3)14(11-6-7-12(20)13(21)8-11)15-17(26)23(4)19(28)24(5)18(15)27/h6-8,14-15H,1-5H3/t14-/m0/s1. The molecule has 1 atom stereocenters. The van der Waals surface area contributed by atoms with E-state index < -0.39 is 41.3 Å². The number of halogens is 2. The molecule has 1 aliphatic rings. The molecule has 10 heteroatoms. The lowest BCUT2D eigenvalue weighted by molar-refractivity contribution is -0.621. The molecule has 0 spiro atoms. The van der Waals surface area contributed by atoms with Crippen LogP contribution in [0.25, 0.3) is 0 Å². The third kappa shape index (κ3) is 2.95. The highest BCUT2D eigenvalue weighted by atomic mass is 19.2. The number of rotatable bonds is 3. The summed E-state index contributed by atoms with van der Waals surface area (Å²) in [6, 6.07) is 2.13. The molecule has 2 aromatic rings. The second kappa shape index (κ2) is 6.94. The Labute approximate surface area is 165 Å². The van der Waals surface area contributed by atoms with Gasteiger partial charge in [0.25, 0.3) is 5.82 Å². The third-order valence-electron chi connectivity index (χ3n) is 5.56. The van der Waals surface area contributed by atoms with Gasteiger partial charge in [-0.25, -0.2) is 22.9 Å². The number of urea groups is 1. The van der Waals surface area contributed by atoms with Crippen LogP contribution in [0.1, 0.15) is 28.7 Å². The number of hydrogen-bond donors (Lipinski definition) is 0. The Hall–Kier alpha value is -3.30. The van der Waals surface area contributed by atoms with Crippen LogP contribution in [0.5, 0.6) is 0 Å². The number of nitrogens with zero attached hydrogens (tertiary/aromatic N) is 4. The summed E-state index contributed by atoms with van der Waals surface area (Å²) in [4.78, 5) is 39.5. The van der Waals surface area contributed by atoms with E-state index in [0.717, 1.165) is 21.9 Å². The summed E-state index contributed by atoms with van der Waals surface area (Å²) in [6.07, 6.45) is 0. The minimum absolute atomic E-state index is 0.00820. The number of aromatic nitrogens is 2. The minimum Gasteiger partial charge on any atom is -0.711 e. The van der Waals surface area contributed by atoms with Gasteiger partial charge >= 0.3 is 6.03 Å². The molecule has 0 aliphatic carbocycles. The lowest BCUT2D eigenvalue weighted by Crippen LogP contribution is -2.59. The van der Waals surface area contributed by atoms with Gasteiger partial charge in [0.15, 0.2) is 11.6 Å². The number of carbonyl (C=O) groups excluding carboxylic acids is 3. The molecule has 3 rings (SSSR count). The van der Waals surface area contributed by atoms with E-state index in [1.807, 2.05) is 0 Å². The van der Waals surface area contributed by atoms with E-state index in [1.54, 1.807) is 20.9 Å². The van der Waals surface area contributed by atoms with Gasteiger partial charge in [0.05, 0.1) is 7.05 Å². The van der Waals surface area contributed by atoms with E-state index in [4.69, 9.17) is 0 Å². The van der Waals surface area contributed by atoms with Crippen LogP contribution in [0.15, 0.2) is 18.2 Å². The lowest BCUT2D eigenvalue weighted by Gasteiger charge is -2.35. The number of carbonyl (C=O) groups is 3. The lowest BCUT2D eigenvalue weighted by atomic mass is 9.82. The molecule has 1 aromatic heterocycles. The van der Waals surface area contributed by atoms with Gasteiger partial charge < -0.3 is 5.21 Å². The van der Waals surface area contributed by atoms with Crippen molar-refractivity contribution in [1.82, 2.24) is 14.4 Å². The van der Waals surface area contributed by atoms with Gasteiger partial charge in [-0.15, -0.1) is 0 Å². The summed E-state index contributed by atoms with van der Waals surface area (Å²) < 4.78 is 29.6. The number of hydrogen-bond acceptors (Lipinski definition) is 4. The summed E-state index contributed by atoms with van der Waals surface area (Å²) in [5.74, 6) is -6.67. The average Bonchev–Trinajstić information content (AvgIpc) is 2.87. The maximum Gasteiger partial charge on any atom is 0.332 e. The van der Waals surface area contributed by atoms with Gasteiger partial charge in [0.2, 0.25) is 11.8 Å². The van der Waals surface area contributed by atoms with Crippen molar-refractivity contribution >= 4 is 17.8 Å². The SMILES string of the molecule is Cc1c(C)[n+]([O-])c([C@@H](c2ccc(F)c(F)c2)C2C(=O)N(C)C(=O)N(C)C2=O)n1C. The molecule has 8 nitrogen and oxygen atoms in total. The number of amides is 4. The van der Waals surface area contributed by atoms with Crippen molar-refractivity contribution in [3.63, 3.8) is 0 Å². The van der Waals surface area contributed by atoms with Crippen molar-refractivity contribution in [2.24, 2.45) is 13.0 Å². The molecule has 0 bridgehead atoms. The maximum atomic E-state index is 14.0. The summed E-state index contributed by atoms with van der Waals surface area (Å²) in [5.41, 5.74) is 0.983. The van der Waals surface area contributed by atoms with Gasteiger partial charge in [0, 0.05) is 27.9 Å². The molecule has 4 amide bonds. The number of benzene rings is 1. The molecule has 1 aliphatic heterocycles. The van der Waals surface area contributed by atoms with Crippen LogP contribution in [0.3, 0.4) is 0 Å². The summed E-state index contributed by atoms with van der Waals surface area (Å²) in [7, 11) is 4.01. The van der Waals surface area contributed by atoms with E-state index in [9.17, 15) is 28.4 Å². The molecule has 154 valence electrons. The van der Waals surface area contributed by atoms with Crippen LogP contribution in [0, 0.1) is 36.6 Å². The van der Waals surface area contributed by atoms with E-state index in [0.29, 0.717) is 16.1 Å². The molecule has 1 aromatic carbocycles. The fourth-order valence-electron chi connectivity index (χ4n) is 3.62. The largest absolute Gasteiger partial charge is 0.711 e. The first kappa shape index (κ1) is 20.4. The second-order valence-electron chi connectivity index (χ2n) is 7.09. The molecular formula is C19H20F2N4O4. The van der Waals surface area contributed by atoms with Crippen molar-refractivity contribution in [3.8, 4) is 0 Å². The van der Waals surface area contributed by atoms with E-state index >= 15 is 0 Å². The van der Waals surface area contributed by atoms with Crippen molar-refractivity contribution in [2.45, 2.75) is 19.8 Å². The Bertz CT molecular complexity index is 1000. The third-order valence-corrected chi connectivity index (χ3v) is 5.56. The van der Waals surface area contributed by atoms with Gasteiger partial charge in [-0.3, -0.25) is 19.4 Å². The van der Waals surface area contributed by atoms with E-state index in [-0.39, 0.29) is 11.4 Å². The van der Waals surface area contributed by atoms with Crippen LogP contribution in [-0.4, -0.2) is 46.3 Å². The Morgan fingerprint density at radius 1 is 1.00 bits per heavy atom. The van der Waals surface area contributed by atoms with Crippen LogP contribution in [-0.2, 0) is 16.6 Å². The topological polar surface area (TPSA) is 89.6 Å². The van der Waals surface area contributed by atoms with Gasteiger partial charge in [-0.05, 0) is 17.7 Å². The monoisotopic (exact) mass is 406 g/mol. The summed E-state index contributed by atoms with van der Waals surface area (Å²) in [5, 5.41) is 12.9. The van der Waals surface area contributed by atoms with Crippen LogP contribution in [0.4, 0.5) is 13.6 Å². The van der Waals surface area contributed by atoms with Gasteiger partial charge in [0.1, 0.15) is 23.2 Å². The van der Waals surface area contributed by atoms with Crippen molar-refractivity contribution in [3.05, 3.63) is 57.8 Å². The quantitative estimate of drug-likeness (QED) is 0.437. The first-order valence-corrected chi connectivity index (χ1v) is 8.78. The zero-order valence-corrected chi connectivity index (χ0v) is 16.6. The number of imidazole rings is 1. The van der Waals surface area contributed by atoms with Crippen molar-refractivity contribution in [2.75, 3.05) is 14.1 Å². The number of barbiturate groups is 1. The van der Waals surface area contributed by atoms with Gasteiger partial charge in [-0.2, -0.15) is 0 Å². The normalized spacial score (nSPS) is 16.7. The fraction of sp³-hybridized carbons (Fsp3) is 0.368. The molecule has 0 saturated carbocycles. The first-order valence-electron chi connectivity index (χ1n) is 8.78. The Kier molecular flexibility index (Phi) is 4.89. The van der Waals surface area contributed by atoms with Gasteiger partial charge in [-0.1, -0.05) is 6.07 Å². The maximum absolute atomic E-state index is 14.0. The number of imide groups is 2. The van der Waals surface area contributed by atoms with E-state index in [1.165, 1.54) is 24.7 Å². The molecule has 2 heterocycles. The minimum atomic E-state index is -1.50. The van der Waals surface area contributed by atoms with Crippen molar-refractivity contribution < 1.29 is 27.9 Å². The summed E-state index contributed by atoms with van der Waals surface area (Å²) in [6.45, 7) is 3.25. The molecule has 1 saturated heterocycles. The van der Waals surface area contributed by atoms with Crippen LogP contribution in [0.2, 0.25) is 0 Å². The molecule has 0 N–H and O–H groups in total. The highest BCUT2D eigenvalue weighted by Crippen LogP contribution is 2.36. The zero-order valence-electron chi connectivity index (χ0n) is 16.6. The molecule has 1 fully saturated rings. The molecule has 0 radical (unpaired) electrons. The zero-order chi connectivity index (χ0) is 21.8. The Morgan fingerprint density at radius 2 is 1.55 bits per heavy atom. The smallest absolute Gasteiger partial charge is 0.332 e. The summed E-state index contributed by atoms with van der Waals surface area (Å²) >= 11 is 0. The highest BCUT2D eigenvalue weighted by Gasteiger charge is 2.51. The Morgan fingerprint density at radius 3 is 2.00 bits per heavy atom. The highest BCUT2D eigenvalue weighted by molar-refractivity contribution is 6.16. The second-order valence-corrected chi connectivity index (χ2v) is 7.09. The first-order chi connectivity index (χ1) is 13.5. The molecular weight excluding hydrogens is 386 g/mol. The fourth-order valence-corrected chi connectivity index (χ4v) is 3.62. The van der Waals surface area contributed by atoms with Crippen LogP contribution >= 0.6 is 0 Å². The predicted molar refractivity (Wildman–Crippen MR) is 96.5 cm³/mol. The van der Waals surface area contributed by atoms with E-state index in [2.05, 4.69) is 0 Å². The molecule has 0 unspecified atom stereocenters. The average molecular weight is 406 g/mol. The predicted octanol–water partition coefficient (Wildman–Crippen LogP) is 1.35. The van der Waals surface area contributed by atoms with Crippen LogP contribution < -0.4 is 4.73 Å².